The lowest BCUT2D eigenvalue weighted by Gasteiger charge is -2.22. The van der Waals surface area contributed by atoms with Gasteiger partial charge in [-0.1, -0.05) is 44.2 Å². The highest BCUT2D eigenvalue weighted by Gasteiger charge is 2.23. The van der Waals surface area contributed by atoms with Gasteiger partial charge >= 0.3 is 0 Å². The second-order valence-electron chi connectivity index (χ2n) is 8.67. The molecule has 0 aliphatic carbocycles. The summed E-state index contributed by atoms with van der Waals surface area (Å²) in [6.07, 6.45) is 5.92. The lowest BCUT2D eigenvalue weighted by atomic mass is 9.86. The van der Waals surface area contributed by atoms with Gasteiger partial charge in [-0.3, -0.25) is 9.69 Å². The van der Waals surface area contributed by atoms with E-state index < -0.39 is 11.6 Å². The van der Waals surface area contributed by atoms with E-state index >= 15 is 0 Å². The van der Waals surface area contributed by atoms with E-state index in [4.69, 9.17) is 0 Å². The molecule has 0 spiro atoms. The maximum atomic E-state index is 14.2. The number of carbonyl (C=O) groups excluding carboxylic acids is 1. The van der Waals surface area contributed by atoms with Gasteiger partial charge in [-0.2, -0.15) is 0 Å². The van der Waals surface area contributed by atoms with E-state index in [1.165, 1.54) is 6.07 Å². The van der Waals surface area contributed by atoms with E-state index in [0.717, 1.165) is 23.0 Å². The first-order valence-electron chi connectivity index (χ1n) is 10.4. The number of thiazole rings is 1. The van der Waals surface area contributed by atoms with E-state index in [0.29, 0.717) is 34.9 Å². The molecule has 0 fully saturated rings. The summed E-state index contributed by atoms with van der Waals surface area (Å²) in [5, 5.41) is 0.347. The van der Waals surface area contributed by atoms with Crippen molar-refractivity contribution in [1.29, 1.82) is 0 Å². The second-order valence-corrected chi connectivity index (χ2v) is 9.68. The van der Waals surface area contributed by atoms with Gasteiger partial charge in [0.15, 0.2) is 10.9 Å². The Balaban J connectivity index is 0.00000306. The Morgan fingerprint density at radius 2 is 1.88 bits per heavy atom. The number of imidazole rings is 1. The minimum absolute atomic E-state index is 0. The summed E-state index contributed by atoms with van der Waals surface area (Å²) < 4.78 is 30.2. The van der Waals surface area contributed by atoms with Crippen LogP contribution in [0.3, 0.4) is 0 Å². The summed E-state index contributed by atoms with van der Waals surface area (Å²) in [7, 11) is 0. The van der Waals surface area contributed by atoms with Gasteiger partial charge in [0.05, 0.1) is 11.0 Å². The monoisotopic (exact) mass is 490 g/mol. The second kappa shape index (κ2) is 9.97. The van der Waals surface area contributed by atoms with E-state index in [-0.39, 0.29) is 29.2 Å². The highest BCUT2D eigenvalue weighted by Crippen LogP contribution is 2.32. The van der Waals surface area contributed by atoms with Crippen molar-refractivity contribution >= 4 is 45.0 Å². The van der Waals surface area contributed by atoms with Crippen LogP contribution in [-0.4, -0.2) is 27.0 Å². The number of nitrogens with zero attached hydrogens (tertiary/aromatic N) is 4. The van der Waals surface area contributed by atoms with Gasteiger partial charge < -0.3 is 4.57 Å². The minimum atomic E-state index is -0.733. The van der Waals surface area contributed by atoms with Crippen molar-refractivity contribution < 1.29 is 13.6 Å². The molecular weight excluding hydrogens is 466 g/mol. The standard InChI is InChI=1S/C24H24F2N4OS.ClH/c1-24(2,3)17-7-5-16(6-8-17)22(31)30(11-4-10-29-12-9-27-15-29)23-28-21-19(26)13-18(25)14-20(21)32-23;/h5-9,12-15H,4,10-11H2,1-3H3;1H. The Kier molecular flexibility index (Phi) is 7.49. The van der Waals surface area contributed by atoms with E-state index in [1.807, 2.05) is 22.9 Å². The van der Waals surface area contributed by atoms with Crippen LogP contribution in [0.1, 0.15) is 43.1 Å². The van der Waals surface area contributed by atoms with Crippen LogP contribution in [0.2, 0.25) is 0 Å². The molecule has 0 atom stereocenters. The van der Waals surface area contributed by atoms with Gasteiger partial charge in [0, 0.05) is 37.1 Å². The number of anilines is 1. The molecule has 2 aromatic heterocycles. The Bertz CT molecular complexity index is 1230. The maximum absolute atomic E-state index is 14.2. The number of rotatable bonds is 6. The number of aromatic nitrogens is 3. The normalized spacial score (nSPS) is 11.4. The highest BCUT2D eigenvalue weighted by molar-refractivity contribution is 7.22. The number of benzene rings is 2. The predicted molar refractivity (Wildman–Crippen MR) is 130 cm³/mol. The van der Waals surface area contributed by atoms with Gasteiger partial charge in [0.25, 0.3) is 5.91 Å². The predicted octanol–water partition coefficient (Wildman–Crippen LogP) is 6.23. The molecule has 0 N–H and O–H groups in total. The fourth-order valence-electron chi connectivity index (χ4n) is 3.44. The first-order chi connectivity index (χ1) is 15.2. The van der Waals surface area contributed by atoms with Crippen LogP contribution in [0.15, 0.2) is 55.1 Å². The molecular formula is C24H25ClF2N4OS. The van der Waals surface area contributed by atoms with E-state index in [1.54, 1.807) is 29.6 Å². The summed E-state index contributed by atoms with van der Waals surface area (Å²) >= 11 is 1.11. The molecule has 0 aliphatic heterocycles. The molecule has 0 radical (unpaired) electrons. The van der Waals surface area contributed by atoms with Crippen LogP contribution in [0, 0.1) is 11.6 Å². The van der Waals surface area contributed by atoms with E-state index in [9.17, 15) is 13.6 Å². The third kappa shape index (κ3) is 5.57. The number of hydrogen-bond acceptors (Lipinski definition) is 4. The molecule has 4 rings (SSSR count). The van der Waals surface area contributed by atoms with Gasteiger partial charge in [-0.25, -0.2) is 18.7 Å². The largest absolute Gasteiger partial charge is 0.337 e. The van der Waals surface area contributed by atoms with Crippen LogP contribution < -0.4 is 4.90 Å². The number of halogens is 3. The first kappa shape index (κ1) is 24.8. The van der Waals surface area contributed by atoms with Crippen LogP contribution >= 0.6 is 23.7 Å². The summed E-state index contributed by atoms with van der Waals surface area (Å²) in [5.41, 5.74) is 1.69. The summed E-state index contributed by atoms with van der Waals surface area (Å²) in [6.45, 7) is 7.38. The lowest BCUT2D eigenvalue weighted by molar-refractivity contribution is 0.0986. The molecule has 4 aromatic rings. The number of fused-ring (bicyclic) bond motifs is 1. The first-order valence-corrected chi connectivity index (χ1v) is 11.2. The SMILES string of the molecule is CC(C)(C)c1ccc(C(=O)N(CCCn2ccnc2)c2nc3c(F)cc(F)cc3s2)cc1.Cl. The van der Waals surface area contributed by atoms with Gasteiger partial charge in [-0.15, -0.1) is 12.4 Å². The summed E-state index contributed by atoms with van der Waals surface area (Å²) in [6, 6.07) is 9.56. The van der Waals surface area contributed by atoms with Crippen molar-refractivity contribution in [1.82, 2.24) is 14.5 Å². The van der Waals surface area contributed by atoms with Gasteiger partial charge in [0.2, 0.25) is 0 Å². The lowest BCUT2D eigenvalue weighted by Crippen LogP contribution is -2.32. The zero-order valence-corrected chi connectivity index (χ0v) is 20.2. The third-order valence-corrected chi connectivity index (χ3v) is 6.26. The Hall–Kier alpha value is -2.84. The van der Waals surface area contributed by atoms with Crippen molar-refractivity contribution in [2.45, 2.75) is 39.2 Å². The third-order valence-electron chi connectivity index (χ3n) is 5.23. The fourth-order valence-corrected chi connectivity index (χ4v) is 4.47. The number of hydrogen-bond donors (Lipinski definition) is 0. The van der Waals surface area contributed by atoms with Crippen LogP contribution in [0.5, 0.6) is 0 Å². The fraction of sp³-hybridized carbons (Fsp3) is 0.292. The smallest absolute Gasteiger partial charge is 0.260 e. The molecule has 0 unspecified atom stereocenters. The van der Waals surface area contributed by atoms with Crippen molar-refractivity contribution in [3.8, 4) is 0 Å². The van der Waals surface area contributed by atoms with Crippen molar-refractivity contribution in [3.05, 3.63) is 77.9 Å². The number of carbonyl (C=O) groups is 1. The van der Waals surface area contributed by atoms with Crippen LogP contribution in [0.25, 0.3) is 10.2 Å². The average Bonchev–Trinajstić information content (AvgIpc) is 3.40. The molecule has 1 amide bonds. The highest BCUT2D eigenvalue weighted by atomic mass is 35.5. The topological polar surface area (TPSA) is 51.0 Å². The Morgan fingerprint density at radius 1 is 1.15 bits per heavy atom. The molecule has 5 nitrogen and oxygen atoms in total. The van der Waals surface area contributed by atoms with Crippen molar-refractivity contribution in [2.75, 3.05) is 11.4 Å². The summed E-state index contributed by atoms with van der Waals surface area (Å²) in [5.74, 6) is -1.63. The molecule has 174 valence electrons. The Labute approximate surface area is 201 Å². The number of amides is 1. The maximum Gasteiger partial charge on any atom is 0.260 e. The molecule has 0 saturated carbocycles. The van der Waals surface area contributed by atoms with Crippen LogP contribution in [-0.2, 0) is 12.0 Å². The van der Waals surface area contributed by atoms with Crippen molar-refractivity contribution in [2.24, 2.45) is 0 Å². The molecule has 0 saturated heterocycles. The zero-order chi connectivity index (χ0) is 22.9. The van der Waals surface area contributed by atoms with Gasteiger partial charge in [0.1, 0.15) is 11.3 Å². The van der Waals surface area contributed by atoms with Gasteiger partial charge in [-0.05, 0) is 35.6 Å². The van der Waals surface area contributed by atoms with E-state index in [2.05, 4.69) is 30.7 Å². The molecule has 0 aliphatic rings. The quantitative estimate of drug-likeness (QED) is 0.322. The van der Waals surface area contributed by atoms with Crippen LogP contribution in [0.4, 0.5) is 13.9 Å². The zero-order valence-electron chi connectivity index (χ0n) is 18.6. The molecule has 0 bridgehead atoms. The summed E-state index contributed by atoms with van der Waals surface area (Å²) in [4.78, 5) is 23.3. The molecule has 33 heavy (non-hydrogen) atoms. The molecule has 2 aromatic carbocycles. The molecule has 2 heterocycles. The number of aryl methyl sites for hydroxylation is 1. The van der Waals surface area contributed by atoms with Crippen molar-refractivity contribution in [3.63, 3.8) is 0 Å². The molecule has 9 heteroatoms. The minimum Gasteiger partial charge on any atom is -0.337 e. The average molecular weight is 491 g/mol. The Morgan fingerprint density at radius 3 is 2.52 bits per heavy atom.